The van der Waals surface area contributed by atoms with E-state index >= 15 is 0 Å². The van der Waals surface area contributed by atoms with Crippen molar-refractivity contribution in [3.8, 4) is 11.4 Å². The molecule has 1 saturated heterocycles. The van der Waals surface area contributed by atoms with Crippen LogP contribution in [-0.2, 0) is 23.0 Å². The molecule has 3 heterocycles. The van der Waals surface area contributed by atoms with Crippen molar-refractivity contribution in [3.63, 3.8) is 0 Å². The van der Waals surface area contributed by atoms with Crippen molar-refractivity contribution in [2.75, 3.05) is 19.3 Å². The average molecular weight is 335 g/mol. The van der Waals surface area contributed by atoms with Gasteiger partial charge in [-0.2, -0.15) is 5.10 Å². The minimum Gasteiger partial charge on any atom is -0.264 e. The van der Waals surface area contributed by atoms with Crippen LogP contribution in [0.5, 0.6) is 0 Å². The highest BCUT2D eigenvalue weighted by Gasteiger charge is 2.28. The van der Waals surface area contributed by atoms with Crippen LogP contribution in [-0.4, -0.2) is 51.8 Å². The molecule has 0 radical (unpaired) electrons. The molecule has 23 heavy (non-hydrogen) atoms. The van der Waals surface area contributed by atoms with E-state index in [-0.39, 0.29) is 0 Å². The maximum absolute atomic E-state index is 11.6. The molecule has 124 valence electrons. The SMILES string of the molecule is CCn1nccc1-c1cncc(C[C@H]2CCN(S(C)(=O)=O)C2)n1. The zero-order chi connectivity index (χ0) is 16.4. The molecule has 8 heteroatoms. The van der Waals surface area contributed by atoms with Crippen molar-refractivity contribution in [2.24, 2.45) is 5.92 Å². The third-order valence-corrected chi connectivity index (χ3v) is 5.45. The van der Waals surface area contributed by atoms with Crippen molar-refractivity contribution < 1.29 is 8.42 Å². The largest absolute Gasteiger partial charge is 0.264 e. The van der Waals surface area contributed by atoms with Crippen LogP contribution in [0.1, 0.15) is 19.0 Å². The van der Waals surface area contributed by atoms with Gasteiger partial charge in [-0.05, 0) is 31.7 Å². The van der Waals surface area contributed by atoms with Crippen LogP contribution >= 0.6 is 0 Å². The minimum absolute atomic E-state index is 0.297. The molecule has 0 unspecified atom stereocenters. The molecule has 1 aliphatic heterocycles. The van der Waals surface area contributed by atoms with Gasteiger partial charge >= 0.3 is 0 Å². The van der Waals surface area contributed by atoms with E-state index < -0.39 is 10.0 Å². The molecular weight excluding hydrogens is 314 g/mol. The van der Waals surface area contributed by atoms with Gasteiger partial charge in [0.1, 0.15) is 5.69 Å². The fraction of sp³-hybridized carbons (Fsp3) is 0.533. The number of rotatable bonds is 5. The van der Waals surface area contributed by atoms with Gasteiger partial charge in [-0.15, -0.1) is 0 Å². The number of nitrogens with zero attached hydrogens (tertiary/aromatic N) is 5. The van der Waals surface area contributed by atoms with Gasteiger partial charge in [0.2, 0.25) is 10.0 Å². The van der Waals surface area contributed by atoms with Crippen LogP contribution in [0.15, 0.2) is 24.7 Å². The maximum atomic E-state index is 11.6. The highest BCUT2D eigenvalue weighted by atomic mass is 32.2. The first-order valence-corrected chi connectivity index (χ1v) is 9.60. The predicted octanol–water partition coefficient (Wildman–Crippen LogP) is 1.18. The Labute approximate surface area is 136 Å². The molecule has 1 atom stereocenters. The Balaban J connectivity index is 1.74. The van der Waals surface area contributed by atoms with Gasteiger partial charge in [-0.3, -0.25) is 9.67 Å². The summed E-state index contributed by atoms with van der Waals surface area (Å²) in [7, 11) is -3.09. The summed E-state index contributed by atoms with van der Waals surface area (Å²) in [6.45, 7) is 3.98. The van der Waals surface area contributed by atoms with Crippen molar-refractivity contribution in [3.05, 3.63) is 30.4 Å². The minimum atomic E-state index is -3.09. The van der Waals surface area contributed by atoms with Crippen LogP contribution in [0.3, 0.4) is 0 Å². The molecule has 0 aliphatic carbocycles. The zero-order valence-corrected chi connectivity index (χ0v) is 14.2. The molecular formula is C15H21N5O2S. The van der Waals surface area contributed by atoms with Crippen molar-refractivity contribution in [2.45, 2.75) is 26.3 Å². The molecule has 1 fully saturated rings. The van der Waals surface area contributed by atoms with Gasteiger partial charge in [-0.25, -0.2) is 17.7 Å². The summed E-state index contributed by atoms with van der Waals surface area (Å²) < 4.78 is 26.6. The lowest BCUT2D eigenvalue weighted by Gasteiger charge is -2.13. The van der Waals surface area contributed by atoms with Gasteiger partial charge < -0.3 is 0 Å². The topological polar surface area (TPSA) is 81.0 Å². The van der Waals surface area contributed by atoms with Gasteiger partial charge in [0, 0.05) is 32.0 Å². The lowest BCUT2D eigenvalue weighted by Crippen LogP contribution is -2.27. The van der Waals surface area contributed by atoms with E-state index in [2.05, 4.69) is 15.1 Å². The van der Waals surface area contributed by atoms with Crippen LogP contribution in [0.25, 0.3) is 11.4 Å². The predicted molar refractivity (Wildman–Crippen MR) is 87.2 cm³/mol. The van der Waals surface area contributed by atoms with Crippen LogP contribution in [0, 0.1) is 5.92 Å². The molecule has 7 nitrogen and oxygen atoms in total. The Morgan fingerprint density at radius 3 is 2.87 bits per heavy atom. The van der Waals surface area contributed by atoms with E-state index in [1.165, 1.54) is 6.26 Å². The monoisotopic (exact) mass is 335 g/mol. The van der Waals surface area contributed by atoms with E-state index in [0.29, 0.717) is 19.0 Å². The third-order valence-electron chi connectivity index (χ3n) is 4.18. The summed E-state index contributed by atoms with van der Waals surface area (Å²) in [5, 5.41) is 4.26. The quantitative estimate of drug-likeness (QED) is 0.820. The molecule has 0 saturated carbocycles. The van der Waals surface area contributed by atoms with E-state index in [1.54, 1.807) is 22.9 Å². The number of sulfonamides is 1. The van der Waals surface area contributed by atoms with Crippen LogP contribution in [0.2, 0.25) is 0 Å². The molecule has 1 aliphatic rings. The summed E-state index contributed by atoms with van der Waals surface area (Å²) >= 11 is 0. The summed E-state index contributed by atoms with van der Waals surface area (Å²) in [6, 6.07) is 1.93. The van der Waals surface area contributed by atoms with Gasteiger partial charge in [-0.1, -0.05) is 0 Å². The second-order valence-electron chi connectivity index (χ2n) is 5.91. The highest BCUT2D eigenvalue weighted by molar-refractivity contribution is 7.88. The lowest BCUT2D eigenvalue weighted by atomic mass is 10.0. The standard InChI is InChI=1S/C15H21N5O2S/c1-3-20-15(4-6-17-20)14-10-16-9-13(18-14)8-12-5-7-19(11-12)23(2,21)22/h4,6,9-10,12H,3,5,7-8,11H2,1-2H3/t12-/m1/s1. The van der Waals surface area contributed by atoms with E-state index in [9.17, 15) is 8.42 Å². The van der Waals surface area contributed by atoms with Crippen molar-refractivity contribution in [1.29, 1.82) is 0 Å². The number of hydrogen-bond acceptors (Lipinski definition) is 5. The van der Waals surface area contributed by atoms with E-state index in [0.717, 1.165) is 36.5 Å². The molecule has 2 aromatic heterocycles. The lowest BCUT2D eigenvalue weighted by molar-refractivity contribution is 0.459. The summed E-state index contributed by atoms with van der Waals surface area (Å²) in [5.74, 6) is 0.297. The molecule has 0 amide bonds. The molecule has 0 spiro atoms. The van der Waals surface area contributed by atoms with E-state index in [1.807, 2.05) is 17.7 Å². The van der Waals surface area contributed by atoms with E-state index in [4.69, 9.17) is 0 Å². The Morgan fingerprint density at radius 2 is 2.17 bits per heavy atom. The number of aromatic nitrogens is 4. The Hall–Kier alpha value is -1.80. The third kappa shape index (κ3) is 3.59. The Kier molecular flexibility index (Phi) is 4.45. The maximum Gasteiger partial charge on any atom is 0.211 e. The fourth-order valence-corrected chi connectivity index (χ4v) is 3.91. The van der Waals surface area contributed by atoms with Crippen molar-refractivity contribution in [1.82, 2.24) is 24.1 Å². The molecule has 0 N–H and O–H groups in total. The summed E-state index contributed by atoms with van der Waals surface area (Å²) in [5.41, 5.74) is 2.65. The Morgan fingerprint density at radius 1 is 1.35 bits per heavy atom. The average Bonchev–Trinajstić information content (AvgIpc) is 3.15. The molecule has 0 bridgehead atoms. The van der Waals surface area contributed by atoms with Gasteiger partial charge in [0.15, 0.2) is 0 Å². The van der Waals surface area contributed by atoms with Gasteiger partial charge in [0.05, 0.1) is 23.8 Å². The number of hydrogen-bond donors (Lipinski definition) is 0. The first kappa shape index (κ1) is 16.1. The summed E-state index contributed by atoms with van der Waals surface area (Å²) in [6.07, 6.45) is 8.14. The first-order chi connectivity index (χ1) is 11.0. The molecule has 3 rings (SSSR count). The first-order valence-electron chi connectivity index (χ1n) is 7.75. The second kappa shape index (κ2) is 6.37. The second-order valence-corrected chi connectivity index (χ2v) is 7.89. The van der Waals surface area contributed by atoms with Gasteiger partial charge in [0.25, 0.3) is 0 Å². The number of aryl methyl sites for hydroxylation is 1. The molecule has 0 aromatic carbocycles. The smallest absolute Gasteiger partial charge is 0.211 e. The van der Waals surface area contributed by atoms with Crippen LogP contribution < -0.4 is 0 Å². The zero-order valence-electron chi connectivity index (χ0n) is 13.4. The normalized spacial score (nSPS) is 19.3. The highest BCUT2D eigenvalue weighted by Crippen LogP contribution is 2.23. The molecule has 2 aromatic rings. The fourth-order valence-electron chi connectivity index (χ4n) is 2.99. The van der Waals surface area contributed by atoms with Crippen LogP contribution in [0.4, 0.5) is 0 Å². The Bertz CT molecular complexity index is 787. The van der Waals surface area contributed by atoms with Crippen molar-refractivity contribution >= 4 is 10.0 Å². The summed E-state index contributed by atoms with van der Waals surface area (Å²) in [4.78, 5) is 8.97.